The molecule has 1 unspecified atom stereocenters. The largest absolute Gasteiger partial charge is 0.484 e. The van der Waals surface area contributed by atoms with E-state index in [1.54, 1.807) is 44.2 Å². The fourth-order valence-corrected chi connectivity index (χ4v) is 1.80. The Labute approximate surface area is 133 Å². The van der Waals surface area contributed by atoms with Gasteiger partial charge < -0.3 is 20.3 Å². The van der Waals surface area contributed by atoms with Crippen LogP contribution in [0.2, 0.25) is 0 Å². The molecule has 0 spiro atoms. The summed E-state index contributed by atoms with van der Waals surface area (Å²) in [5.74, 6) is -0.0602. The maximum Gasteiger partial charge on any atom is 0.255 e. The summed E-state index contributed by atoms with van der Waals surface area (Å²) in [5, 5.41) is 9.34. The predicted molar refractivity (Wildman–Crippen MR) is 84.1 cm³/mol. The second-order valence-corrected chi connectivity index (χ2v) is 4.97. The molecule has 2 aromatic rings. The molecule has 8 heteroatoms. The Bertz CT molecular complexity index is 698. The first-order valence-electron chi connectivity index (χ1n) is 6.96. The van der Waals surface area contributed by atoms with Crippen molar-refractivity contribution in [2.24, 2.45) is 5.73 Å². The summed E-state index contributed by atoms with van der Waals surface area (Å²) in [5.41, 5.74) is 6.38. The molecule has 0 saturated carbocycles. The van der Waals surface area contributed by atoms with Gasteiger partial charge >= 0.3 is 0 Å². The molecular weight excluding hydrogens is 300 g/mol. The SMILES string of the molecule is Cc1cc(NC(=O)C(C)Nc2cccc(OCC(N)=O)c2)on1. The third kappa shape index (κ3) is 5.03. The lowest BCUT2D eigenvalue weighted by molar-refractivity contribution is -0.120. The number of carbonyl (C=O) groups is 2. The molecule has 1 heterocycles. The number of anilines is 2. The van der Waals surface area contributed by atoms with Crippen molar-refractivity contribution < 1.29 is 18.8 Å². The number of primary amides is 1. The molecule has 2 amide bonds. The van der Waals surface area contributed by atoms with Crippen molar-refractivity contribution in [2.45, 2.75) is 19.9 Å². The van der Waals surface area contributed by atoms with E-state index in [1.807, 2.05) is 0 Å². The Balaban J connectivity index is 1.93. The van der Waals surface area contributed by atoms with Crippen molar-refractivity contribution in [2.75, 3.05) is 17.2 Å². The third-order valence-corrected chi connectivity index (χ3v) is 2.87. The summed E-state index contributed by atoms with van der Waals surface area (Å²) in [7, 11) is 0. The van der Waals surface area contributed by atoms with Crippen LogP contribution < -0.4 is 21.1 Å². The molecule has 0 bridgehead atoms. The second-order valence-electron chi connectivity index (χ2n) is 4.97. The van der Waals surface area contributed by atoms with Gasteiger partial charge in [-0.15, -0.1) is 0 Å². The number of ether oxygens (including phenoxy) is 1. The van der Waals surface area contributed by atoms with Gasteiger partial charge in [-0.05, 0) is 26.0 Å². The molecular formula is C15H18N4O4. The smallest absolute Gasteiger partial charge is 0.255 e. The first kappa shape index (κ1) is 16.3. The van der Waals surface area contributed by atoms with E-state index >= 15 is 0 Å². The monoisotopic (exact) mass is 318 g/mol. The van der Waals surface area contributed by atoms with Crippen LogP contribution >= 0.6 is 0 Å². The predicted octanol–water partition coefficient (Wildman–Crippen LogP) is 1.29. The van der Waals surface area contributed by atoms with E-state index in [0.717, 1.165) is 0 Å². The minimum absolute atomic E-state index is 0.204. The zero-order valence-electron chi connectivity index (χ0n) is 12.8. The lowest BCUT2D eigenvalue weighted by Gasteiger charge is -2.15. The van der Waals surface area contributed by atoms with Crippen LogP contribution in [-0.2, 0) is 9.59 Å². The van der Waals surface area contributed by atoms with Crippen LogP contribution in [0.1, 0.15) is 12.6 Å². The Morgan fingerprint density at radius 3 is 2.83 bits per heavy atom. The highest BCUT2D eigenvalue weighted by atomic mass is 16.5. The Morgan fingerprint density at radius 1 is 1.39 bits per heavy atom. The van der Waals surface area contributed by atoms with Gasteiger partial charge in [0.05, 0.1) is 5.69 Å². The number of benzene rings is 1. The molecule has 0 aliphatic heterocycles. The van der Waals surface area contributed by atoms with Crippen LogP contribution in [0.15, 0.2) is 34.9 Å². The lowest BCUT2D eigenvalue weighted by Crippen LogP contribution is -2.31. The zero-order chi connectivity index (χ0) is 16.8. The number of rotatable bonds is 7. The molecule has 0 aliphatic carbocycles. The van der Waals surface area contributed by atoms with Gasteiger partial charge in [-0.25, -0.2) is 0 Å². The maximum absolute atomic E-state index is 12.1. The Kier molecular flexibility index (Phi) is 5.19. The summed E-state index contributed by atoms with van der Waals surface area (Å²) < 4.78 is 10.1. The first-order chi connectivity index (χ1) is 10.9. The van der Waals surface area contributed by atoms with Gasteiger partial charge in [0.15, 0.2) is 6.61 Å². The molecule has 0 radical (unpaired) electrons. The molecule has 0 fully saturated rings. The zero-order valence-corrected chi connectivity index (χ0v) is 12.8. The summed E-state index contributed by atoms with van der Waals surface area (Å²) in [6.07, 6.45) is 0. The van der Waals surface area contributed by atoms with Gasteiger partial charge in [-0.2, -0.15) is 0 Å². The second kappa shape index (κ2) is 7.30. The van der Waals surface area contributed by atoms with Crippen molar-refractivity contribution >= 4 is 23.4 Å². The van der Waals surface area contributed by atoms with Crippen molar-refractivity contribution in [3.8, 4) is 5.75 Å². The van der Waals surface area contributed by atoms with Crippen LogP contribution in [0, 0.1) is 6.92 Å². The topological polar surface area (TPSA) is 119 Å². The van der Waals surface area contributed by atoms with E-state index in [-0.39, 0.29) is 12.5 Å². The Morgan fingerprint density at radius 2 is 2.17 bits per heavy atom. The molecule has 0 aliphatic rings. The van der Waals surface area contributed by atoms with Crippen LogP contribution in [0.3, 0.4) is 0 Å². The van der Waals surface area contributed by atoms with Crippen LogP contribution in [0.5, 0.6) is 5.75 Å². The quantitative estimate of drug-likeness (QED) is 0.707. The number of carbonyl (C=O) groups excluding carboxylic acids is 2. The minimum Gasteiger partial charge on any atom is -0.484 e. The lowest BCUT2D eigenvalue weighted by atomic mass is 10.2. The molecule has 122 valence electrons. The van der Waals surface area contributed by atoms with Gasteiger partial charge in [0.1, 0.15) is 11.8 Å². The third-order valence-electron chi connectivity index (χ3n) is 2.87. The average molecular weight is 318 g/mol. The molecule has 1 aromatic carbocycles. The van der Waals surface area contributed by atoms with Gasteiger partial charge in [0.2, 0.25) is 11.8 Å². The van der Waals surface area contributed by atoms with Crippen molar-refractivity contribution in [3.63, 3.8) is 0 Å². The number of aryl methyl sites for hydroxylation is 1. The van der Waals surface area contributed by atoms with Crippen molar-refractivity contribution in [1.82, 2.24) is 5.16 Å². The van der Waals surface area contributed by atoms with Gasteiger partial charge in [-0.3, -0.25) is 14.9 Å². The van der Waals surface area contributed by atoms with E-state index in [4.69, 9.17) is 15.0 Å². The number of hydrogen-bond acceptors (Lipinski definition) is 6. The number of nitrogens with one attached hydrogen (secondary N) is 2. The number of nitrogens with two attached hydrogens (primary N) is 1. The summed E-state index contributed by atoms with van der Waals surface area (Å²) in [6.45, 7) is 3.26. The standard InChI is InChI=1S/C15H18N4O4/c1-9-6-14(23-19-9)18-15(21)10(2)17-11-4-3-5-12(7-11)22-8-13(16)20/h3-7,10,17H,8H2,1-2H3,(H2,16,20)(H,18,21). The molecule has 1 atom stereocenters. The maximum atomic E-state index is 12.1. The molecule has 23 heavy (non-hydrogen) atoms. The average Bonchev–Trinajstić information content (AvgIpc) is 2.90. The summed E-state index contributed by atoms with van der Waals surface area (Å²) in [6, 6.07) is 7.99. The van der Waals surface area contributed by atoms with Crippen molar-refractivity contribution in [3.05, 3.63) is 36.0 Å². The van der Waals surface area contributed by atoms with Gasteiger partial charge in [0, 0.05) is 17.8 Å². The van der Waals surface area contributed by atoms with Gasteiger partial charge in [0.25, 0.3) is 5.91 Å². The minimum atomic E-state index is -0.557. The van der Waals surface area contributed by atoms with E-state index in [0.29, 0.717) is 23.0 Å². The number of amides is 2. The van der Waals surface area contributed by atoms with Gasteiger partial charge in [-0.1, -0.05) is 11.2 Å². The molecule has 0 saturated heterocycles. The van der Waals surface area contributed by atoms with E-state index in [1.165, 1.54) is 0 Å². The van der Waals surface area contributed by atoms with Crippen molar-refractivity contribution in [1.29, 1.82) is 0 Å². The number of hydrogen-bond donors (Lipinski definition) is 3. The summed E-state index contributed by atoms with van der Waals surface area (Å²) >= 11 is 0. The summed E-state index contributed by atoms with van der Waals surface area (Å²) in [4.78, 5) is 22.8. The fraction of sp³-hybridized carbons (Fsp3) is 0.267. The van der Waals surface area contributed by atoms with Crippen LogP contribution in [0.25, 0.3) is 0 Å². The van der Waals surface area contributed by atoms with E-state index in [9.17, 15) is 9.59 Å². The molecule has 1 aromatic heterocycles. The first-order valence-corrected chi connectivity index (χ1v) is 6.96. The molecule has 4 N–H and O–H groups in total. The highest BCUT2D eigenvalue weighted by Crippen LogP contribution is 2.18. The normalized spacial score (nSPS) is 11.6. The molecule has 2 rings (SSSR count). The number of aromatic nitrogens is 1. The molecule has 8 nitrogen and oxygen atoms in total. The van der Waals surface area contributed by atoms with E-state index < -0.39 is 11.9 Å². The number of nitrogens with zero attached hydrogens (tertiary/aromatic N) is 1. The highest BCUT2D eigenvalue weighted by Gasteiger charge is 2.15. The Hall–Kier alpha value is -3.03. The fourth-order valence-electron chi connectivity index (χ4n) is 1.80. The highest BCUT2D eigenvalue weighted by molar-refractivity contribution is 5.95. The van der Waals surface area contributed by atoms with Crippen LogP contribution in [-0.4, -0.2) is 29.6 Å². The van der Waals surface area contributed by atoms with E-state index in [2.05, 4.69) is 15.8 Å². The van der Waals surface area contributed by atoms with Crippen LogP contribution in [0.4, 0.5) is 11.6 Å².